The minimum atomic E-state index is -0.181. The predicted octanol–water partition coefficient (Wildman–Crippen LogP) is 1.60. The third-order valence-electron chi connectivity index (χ3n) is 6.98. The van der Waals surface area contributed by atoms with Crippen LogP contribution >= 0.6 is 23.2 Å². The second-order valence-corrected chi connectivity index (χ2v) is 10.0. The summed E-state index contributed by atoms with van der Waals surface area (Å²) in [6, 6.07) is 13.0. The van der Waals surface area contributed by atoms with E-state index in [1.54, 1.807) is 24.3 Å². The van der Waals surface area contributed by atoms with E-state index in [-0.39, 0.29) is 46.6 Å². The van der Waals surface area contributed by atoms with Crippen molar-refractivity contribution in [2.24, 2.45) is 11.1 Å². The maximum Gasteiger partial charge on any atom is 1.00 e. The fourth-order valence-electron chi connectivity index (χ4n) is 5.21. The summed E-state index contributed by atoms with van der Waals surface area (Å²) in [5.41, 5.74) is 9.62. The fourth-order valence-corrected chi connectivity index (χ4v) is 5.79. The molecule has 0 saturated carbocycles. The van der Waals surface area contributed by atoms with E-state index in [0.717, 1.165) is 37.2 Å². The molecule has 5 nitrogen and oxygen atoms in total. The van der Waals surface area contributed by atoms with Gasteiger partial charge in [0.2, 0.25) is 0 Å². The van der Waals surface area contributed by atoms with E-state index in [1.807, 2.05) is 13.0 Å². The van der Waals surface area contributed by atoms with Crippen LogP contribution in [0.5, 0.6) is 0 Å². The van der Waals surface area contributed by atoms with Crippen LogP contribution in [0.3, 0.4) is 0 Å². The van der Waals surface area contributed by atoms with Crippen LogP contribution in [-0.2, 0) is 19.0 Å². The molecule has 2 N–H and O–H groups in total. The standard InChI is InChI=1S/C24H24Cl2N4OS.Na/c1-14-28-20(12-21(31)30(14)19-4-2-3-18(25)22(19)26)29-9-7-24(8-10-29)13-15-5-6-16(32)11-17(15)23(24)27;/h2-6,11-12,23,32H,7-10,13,27H2,1H3;/q;+1/p-1/t23-;/m1./s1. The molecule has 2 aromatic carbocycles. The van der Waals surface area contributed by atoms with Crippen LogP contribution in [0.25, 0.3) is 5.69 Å². The molecule has 2 heterocycles. The summed E-state index contributed by atoms with van der Waals surface area (Å²) in [4.78, 5) is 20.8. The fraction of sp³-hybridized carbons (Fsp3) is 0.333. The van der Waals surface area contributed by atoms with Crippen molar-refractivity contribution in [1.82, 2.24) is 9.55 Å². The quantitative estimate of drug-likeness (QED) is 0.420. The first-order valence-electron chi connectivity index (χ1n) is 10.6. The summed E-state index contributed by atoms with van der Waals surface area (Å²) in [6.45, 7) is 3.41. The maximum atomic E-state index is 13.0. The van der Waals surface area contributed by atoms with E-state index < -0.39 is 0 Å². The average Bonchev–Trinajstić information content (AvgIpc) is 3.02. The van der Waals surface area contributed by atoms with Gasteiger partial charge in [-0.1, -0.05) is 47.5 Å². The number of anilines is 1. The van der Waals surface area contributed by atoms with Gasteiger partial charge in [0.1, 0.15) is 11.6 Å². The monoisotopic (exact) mass is 508 g/mol. The van der Waals surface area contributed by atoms with Gasteiger partial charge in [0.05, 0.1) is 15.7 Å². The SMILES string of the molecule is Cc1nc(N2CCC3(CC2)Cc2ccc([S-])cc2[C@H]3N)cc(=O)n1-c1cccc(Cl)c1Cl.[Na+]. The molecule has 1 aromatic heterocycles. The first-order chi connectivity index (χ1) is 15.3. The Morgan fingerprint density at radius 2 is 1.88 bits per heavy atom. The Kier molecular flexibility index (Phi) is 7.19. The second-order valence-electron chi connectivity index (χ2n) is 8.77. The molecule has 0 unspecified atom stereocenters. The van der Waals surface area contributed by atoms with E-state index in [1.165, 1.54) is 15.7 Å². The number of benzene rings is 2. The molecule has 1 aliphatic carbocycles. The zero-order chi connectivity index (χ0) is 22.6. The van der Waals surface area contributed by atoms with Gasteiger partial charge in [-0.05, 0) is 54.9 Å². The van der Waals surface area contributed by atoms with Crippen LogP contribution in [0.2, 0.25) is 10.0 Å². The van der Waals surface area contributed by atoms with Gasteiger partial charge < -0.3 is 23.3 Å². The molecule has 166 valence electrons. The van der Waals surface area contributed by atoms with E-state index in [4.69, 9.17) is 46.5 Å². The normalized spacial score (nSPS) is 18.8. The zero-order valence-corrected chi connectivity index (χ0v) is 23.0. The molecule has 1 saturated heterocycles. The molecular formula is C24H23Cl2N4NaOS. The van der Waals surface area contributed by atoms with Gasteiger partial charge in [-0.15, -0.1) is 0 Å². The third kappa shape index (κ3) is 4.36. The number of rotatable bonds is 2. The molecule has 0 amide bonds. The Labute approximate surface area is 231 Å². The summed E-state index contributed by atoms with van der Waals surface area (Å²) in [7, 11) is 0. The Morgan fingerprint density at radius 3 is 2.58 bits per heavy atom. The Morgan fingerprint density at radius 1 is 1.15 bits per heavy atom. The summed E-state index contributed by atoms with van der Waals surface area (Å²) in [6.07, 6.45) is 2.87. The molecule has 1 fully saturated rings. The van der Waals surface area contributed by atoms with Crippen LogP contribution in [0, 0.1) is 12.3 Å². The number of halogens is 2. The van der Waals surface area contributed by atoms with Crippen LogP contribution in [0.4, 0.5) is 5.82 Å². The van der Waals surface area contributed by atoms with Gasteiger partial charge in [0, 0.05) is 25.2 Å². The molecule has 0 radical (unpaired) electrons. The van der Waals surface area contributed by atoms with Gasteiger partial charge in [-0.25, -0.2) is 4.98 Å². The summed E-state index contributed by atoms with van der Waals surface area (Å²) >= 11 is 17.8. The molecule has 2 aliphatic rings. The molecule has 5 rings (SSSR count). The molecule has 9 heteroatoms. The van der Waals surface area contributed by atoms with Crippen molar-refractivity contribution in [3.05, 3.63) is 79.8 Å². The van der Waals surface area contributed by atoms with Crippen molar-refractivity contribution in [2.45, 2.75) is 37.1 Å². The van der Waals surface area contributed by atoms with E-state index >= 15 is 0 Å². The molecule has 33 heavy (non-hydrogen) atoms. The van der Waals surface area contributed by atoms with Crippen molar-refractivity contribution >= 4 is 41.6 Å². The number of piperidine rings is 1. The number of aromatic nitrogens is 2. The number of fused-ring (bicyclic) bond motifs is 1. The summed E-state index contributed by atoms with van der Waals surface area (Å²) in [5, 5.41) is 0.740. The number of nitrogens with zero attached hydrogens (tertiary/aromatic N) is 3. The van der Waals surface area contributed by atoms with Crippen molar-refractivity contribution < 1.29 is 29.6 Å². The number of nitrogens with two attached hydrogens (primary N) is 1. The first-order valence-corrected chi connectivity index (χ1v) is 11.8. The number of hydrogen-bond donors (Lipinski definition) is 1. The number of aryl methyl sites for hydroxylation is 1. The van der Waals surface area contributed by atoms with Crippen molar-refractivity contribution in [2.75, 3.05) is 18.0 Å². The van der Waals surface area contributed by atoms with Gasteiger partial charge in [-0.2, -0.15) is 4.90 Å². The molecular weight excluding hydrogens is 486 g/mol. The van der Waals surface area contributed by atoms with Gasteiger partial charge in [-0.3, -0.25) is 9.36 Å². The summed E-state index contributed by atoms with van der Waals surface area (Å²) < 4.78 is 1.50. The van der Waals surface area contributed by atoms with E-state index in [2.05, 4.69) is 17.0 Å². The van der Waals surface area contributed by atoms with Gasteiger partial charge in [0.15, 0.2) is 0 Å². The minimum absolute atomic E-state index is 0. The predicted molar refractivity (Wildman–Crippen MR) is 131 cm³/mol. The maximum absolute atomic E-state index is 13.0. The molecule has 1 spiro atoms. The Balaban J connectivity index is 0.00000259. The van der Waals surface area contributed by atoms with E-state index in [9.17, 15) is 4.79 Å². The minimum Gasteiger partial charge on any atom is -0.780 e. The van der Waals surface area contributed by atoms with Crippen LogP contribution in [0.15, 0.2) is 52.2 Å². The van der Waals surface area contributed by atoms with Crippen LogP contribution in [0.1, 0.15) is 35.8 Å². The average molecular weight is 509 g/mol. The second kappa shape index (κ2) is 9.50. The zero-order valence-electron chi connectivity index (χ0n) is 18.6. The van der Waals surface area contributed by atoms with E-state index in [0.29, 0.717) is 27.4 Å². The molecule has 0 bridgehead atoms. The van der Waals surface area contributed by atoms with Gasteiger partial charge in [0.25, 0.3) is 5.56 Å². The Hall–Kier alpha value is -1.12. The molecule has 1 atom stereocenters. The molecule has 1 aliphatic heterocycles. The van der Waals surface area contributed by atoms with Crippen molar-refractivity contribution in [3.63, 3.8) is 0 Å². The first kappa shape index (κ1) is 25.0. The Bertz CT molecular complexity index is 1270. The third-order valence-corrected chi connectivity index (χ3v) is 8.05. The van der Waals surface area contributed by atoms with Crippen LogP contribution in [-0.4, -0.2) is 22.6 Å². The van der Waals surface area contributed by atoms with Crippen molar-refractivity contribution in [1.29, 1.82) is 0 Å². The van der Waals surface area contributed by atoms with Crippen molar-refractivity contribution in [3.8, 4) is 5.69 Å². The smallest absolute Gasteiger partial charge is 0.780 e. The molecule has 3 aromatic rings. The topological polar surface area (TPSA) is 64.2 Å². The largest absolute Gasteiger partial charge is 1.00 e. The van der Waals surface area contributed by atoms with Gasteiger partial charge >= 0.3 is 29.6 Å². The number of hydrogen-bond acceptors (Lipinski definition) is 5. The summed E-state index contributed by atoms with van der Waals surface area (Å²) in [5.74, 6) is 1.26. The van der Waals surface area contributed by atoms with Crippen LogP contribution < -0.4 is 45.8 Å².